The molecule has 1 amide bonds. The molecular weight excluding hydrogens is 496 g/mol. The molecule has 0 fully saturated rings. The second kappa shape index (κ2) is 14.7. The third kappa shape index (κ3) is 8.60. The molecule has 2 nitrogen and oxygen atoms in total. The fourth-order valence-corrected chi connectivity index (χ4v) is 2.83. The zero-order chi connectivity index (χ0) is 21.6. The molecule has 0 atom stereocenters. The standard InChI is InChI=1S/C13H9.C8H9NO.C2H6Si.2ClH.Zr/c1-3-7-12-10(5-1)9-11-6-2-4-8-13(11)12;1-6-4-2-3-5-7(6)8(9)10;1-3-2;;;/h1-5,7-8H,9H2;2-5H,1H3,(H2,9,10);1-2H3;2*1H;/q-1;;;;;+4/p-3. The Labute approximate surface area is 195 Å². The minimum Gasteiger partial charge on any atom is -0.179 e. The Hall–Kier alpha value is -1.19. The van der Waals surface area contributed by atoms with E-state index in [2.05, 4.69) is 55.6 Å². The van der Waals surface area contributed by atoms with Gasteiger partial charge in [0.1, 0.15) is 0 Å². The molecule has 29 heavy (non-hydrogen) atoms. The van der Waals surface area contributed by atoms with Crippen LogP contribution in [0.2, 0.25) is 13.1 Å². The van der Waals surface area contributed by atoms with E-state index in [0.29, 0.717) is 5.56 Å². The van der Waals surface area contributed by atoms with E-state index in [1.54, 1.807) is 12.1 Å². The molecule has 1 N–H and O–H groups in total. The van der Waals surface area contributed by atoms with Gasteiger partial charge >= 0.3 is 37.9 Å². The third-order valence-electron chi connectivity index (χ3n) is 4.01. The number of fused-ring (bicyclic) bond motifs is 3. The van der Waals surface area contributed by atoms with Crippen molar-refractivity contribution in [2.75, 3.05) is 0 Å². The monoisotopic (exact) mass is 517 g/mol. The quantitative estimate of drug-likeness (QED) is 0.191. The fraction of sp³-hybridized carbons (Fsp3) is 0.174. The Morgan fingerprint density at radius 1 is 1.00 bits per heavy atom. The van der Waals surface area contributed by atoms with Gasteiger partial charge in [0, 0.05) is 15.1 Å². The van der Waals surface area contributed by atoms with Gasteiger partial charge in [0.2, 0.25) is 0 Å². The fourth-order valence-electron chi connectivity index (χ4n) is 2.83. The summed E-state index contributed by atoms with van der Waals surface area (Å²) in [6.07, 6.45) is 1.05. The average molecular weight is 520 g/mol. The zero-order valence-electron chi connectivity index (χ0n) is 16.7. The average Bonchev–Trinajstić information content (AvgIpc) is 3.09. The molecule has 0 saturated heterocycles. The molecular formula is C23H23Cl2NOSiZr. The maximum atomic E-state index is 10.5. The number of amides is 1. The van der Waals surface area contributed by atoms with Crippen LogP contribution in [0.4, 0.5) is 0 Å². The molecule has 0 unspecified atom stereocenters. The van der Waals surface area contributed by atoms with E-state index >= 15 is 0 Å². The van der Waals surface area contributed by atoms with Crippen LogP contribution in [0.15, 0.2) is 66.7 Å². The van der Waals surface area contributed by atoms with E-state index in [1.165, 1.54) is 22.3 Å². The number of hydrogen-bond donors (Lipinski definition) is 0. The van der Waals surface area contributed by atoms with Crippen LogP contribution < -0.4 is 0 Å². The van der Waals surface area contributed by atoms with Gasteiger partial charge in [-0.15, -0.1) is 5.56 Å². The van der Waals surface area contributed by atoms with Crippen LogP contribution in [0.25, 0.3) is 16.9 Å². The van der Waals surface area contributed by atoms with Gasteiger partial charge in [0.05, 0.1) is 5.91 Å². The first-order valence-corrected chi connectivity index (χ1v) is 17.3. The molecule has 6 heteroatoms. The second-order valence-corrected chi connectivity index (χ2v) is 10.8. The Kier molecular flexibility index (Phi) is 13.1. The zero-order valence-corrected chi connectivity index (χ0v) is 21.7. The SMILES string of the molecule is C[Si]C.Cc1ccccc1C([NH-])=O.[Cl][Zr+2][Cl].[c-]1cccc2c1Cc1ccccc1-2. The van der Waals surface area contributed by atoms with E-state index in [4.69, 9.17) is 22.8 Å². The Bertz CT molecular complexity index is 860. The predicted octanol–water partition coefficient (Wildman–Crippen LogP) is 7.41. The van der Waals surface area contributed by atoms with Crippen LogP contribution in [0, 0.1) is 13.0 Å². The van der Waals surface area contributed by atoms with Gasteiger partial charge < -0.3 is 10.5 Å². The summed E-state index contributed by atoms with van der Waals surface area (Å²) in [6.45, 7) is 6.13. The van der Waals surface area contributed by atoms with Crippen molar-refractivity contribution in [3.05, 3.63) is 101 Å². The van der Waals surface area contributed by atoms with Crippen molar-refractivity contribution in [2.45, 2.75) is 26.4 Å². The first-order chi connectivity index (χ1) is 14.0. The van der Waals surface area contributed by atoms with E-state index in [-0.39, 0.29) is 0 Å². The first kappa shape index (κ1) is 25.8. The van der Waals surface area contributed by atoms with Crippen LogP contribution in [-0.4, -0.2) is 15.4 Å². The van der Waals surface area contributed by atoms with E-state index < -0.39 is 26.8 Å². The molecule has 0 spiro atoms. The number of rotatable bonds is 1. The number of carbonyl (C=O) groups is 1. The van der Waals surface area contributed by atoms with Gasteiger partial charge in [0.25, 0.3) is 0 Å². The molecule has 4 rings (SSSR count). The van der Waals surface area contributed by atoms with Gasteiger partial charge in [0.15, 0.2) is 0 Å². The summed E-state index contributed by atoms with van der Waals surface area (Å²) in [4.78, 5) is 10.5. The molecule has 3 aromatic rings. The van der Waals surface area contributed by atoms with Crippen molar-refractivity contribution < 1.29 is 25.6 Å². The maximum Gasteiger partial charge on any atom is -0.0253 e. The van der Waals surface area contributed by atoms with Crippen molar-refractivity contribution >= 4 is 32.5 Å². The van der Waals surface area contributed by atoms with Crippen molar-refractivity contribution in [1.82, 2.24) is 0 Å². The molecule has 0 heterocycles. The van der Waals surface area contributed by atoms with Crippen molar-refractivity contribution in [3.63, 3.8) is 0 Å². The first-order valence-electron chi connectivity index (χ1n) is 8.94. The predicted molar refractivity (Wildman–Crippen MR) is 123 cm³/mol. The molecule has 0 aromatic heterocycles. The summed E-state index contributed by atoms with van der Waals surface area (Å²) < 4.78 is 0. The maximum absolute atomic E-state index is 10.5. The topological polar surface area (TPSA) is 40.9 Å². The van der Waals surface area contributed by atoms with Crippen molar-refractivity contribution in [3.8, 4) is 11.1 Å². The van der Waals surface area contributed by atoms with Crippen LogP contribution in [-0.2, 0) is 27.3 Å². The van der Waals surface area contributed by atoms with E-state index in [1.807, 2.05) is 25.1 Å². The van der Waals surface area contributed by atoms with Gasteiger partial charge in [-0.05, 0) is 18.9 Å². The number of hydrogen-bond acceptors (Lipinski definition) is 1. The number of carbonyl (C=O) groups excluding carboxylic acids is 1. The van der Waals surface area contributed by atoms with Crippen LogP contribution >= 0.6 is 17.0 Å². The normalized spacial score (nSPS) is 9.69. The van der Waals surface area contributed by atoms with Gasteiger partial charge in [-0.25, -0.2) is 0 Å². The van der Waals surface area contributed by atoms with E-state index in [0.717, 1.165) is 21.5 Å². The van der Waals surface area contributed by atoms with Gasteiger partial charge in [-0.1, -0.05) is 72.8 Å². The molecule has 0 aliphatic heterocycles. The van der Waals surface area contributed by atoms with Crippen LogP contribution in [0.1, 0.15) is 27.0 Å². The summed E-state index contributed by atoms with van der Waals surface area (Å²) in [7, 11) is 11.0. The Morgan fingerprint density at radius 3 is 2.14 bits per heavy atom. The molecule has 0 bridgehead atoms. The minimum atomic E-state index is -0.826. The number of nitrogens with one attached hydrogen (secondary N) is 1. The summed E-state index contributed by atoms with van der Waals surface area (Å²) in [5, 5.41) is 0. The molecule has 148 valence electrons. The second-order valence-electron chi connectivity index (χ2n) is 6.11. The number of benzene rings is 3. The number of aryl methyl sites for hydroxylation is 1. The van der Waals surface area contributed by atoms with Gasteiger partial charge in [-0.3, -0.25) is 0 Å². The van der Waals surface area contributed by atoms with Gasteiger partial charge in [-0.2, -0.15) is 29.8 Å². The minimum absolute atomic E-state index is 0.488. The summed E-state index contributed by atoms with van der Waals surface area (Å²) in [6, 6.07) is 25.2. The van der Waals surface area contributed by atoms with Crippen molar-refractivity contribution in [1.29, 1.82) is 0 Å². The molecule has 2 radical (unpaired) electrons. The summed E-state index contributed by atoms with van der Waals surface area (Å²) in [5.74, 6) is -0.613. The Balaban J connectivity index is 0.000000235. The summed E-state index contributed by atoms with van der Waals surface area (Å²) in [5.41, 5.74) is 13.7. The van der Waals surface area contributed by atoms with E-state index in [9.17, 15) is 4.79 Å². The largest absolute Gasteiger partial charge is 0.179 e. The molecule has 3 aromatic carbocycles. The Morgan fingerprint density at radius 2 is 1.55 bits per heavy atom. The van der Waals surface area contributed by atoms with Crippen LogP contribution in [0.5, 0.6) is 0 Å². The number of halogens is 2. The smallest absolute Gasteiger partial charge is 0.0253 e. The summed E-state index contributed by atoms with van der Waals surface area (Å²) >= 11 is -0.826. The van der Waals surface area contributed by atoms with Crippen LogP contribution in [0.3, 0.4) is 0 Å². The van der Waals surface area contributed by atoms with Crippen molar-refractivity contribution in [2.24, 2.45) is 0 Å². The molecule has 1 aliphatic rings. The molecule has 1 aliphatic carbocycles. The third-order valence-corrected chi connectivity index (χ3v) is 4.01. The molecule has 0 saturated carbocycles.